The van der Waals surface area contributed by atoms with Crippen molar-refractivity contribution in [1.82, 2.24) is 18.7 Å². The minimum atomic E-state index is -0.424. The quantitative estimate of drug-likeness (QED) is 0.294. The van der Waals surface area contributed by atoms with Crippen molar-refractivity contribution in [1.29, 1.82) is 0 Å². The molecular weight excluding hydrogens is 420 g/mol. The number of fused-ring (bicyclic) bond motifs is 1. The van der Waals surface area contributed by atoms with Gasteiger partial charge in [0.05, 0.1) is 19.6 Å². The van der Waals surface area contributed by atoms with Crippen molar-refractivity contribution >= 4 is 29.5 Å². The van der Waals surface area contributed by atoms with Crippen molar-refractivity contribution in [3.63, 3.8) is 0 Å². The van der Waals surface area contributed by atoms with Gasteiger partial charge in [0.1, 0.15) is 0 Å². The van der Waals surface area contributed by atoms with Crippen LogP contribution in [-0.4, -0.2) is 57.3 Å². The van der Waals surface area contributed by atoms with E-state index >= 15 is 0 Å². The minimum Gasteiger partial charge on any atom is -0.342 e. The van der Waals surface area contributed by atoms with Crippen LogP contribution in [0.2, 0.25) is 0 Å². The molecular formula is C23H34N8O2. The molecule has 0 radical (unpaired) electrons. The van der Waals surface area contributed by atoms with Gasteiger partial charge in [-0.15, -0.1) is 5.92 Å². The van der Waals surface area contributed by atoms with E-state index < -0.39 is 5.69 Å². The van der Waals surface area contributed by atoms with Crippen LogP contribution in [0.1, 0.15) is 33.6 Å². The number of aryl methyl sites for hydroxylation is 1. The van der Waals surface area contributed by atoms with Gasteiger partial charge in [0.15, 0.2) is 11.2 Å². The Labute approximate surface area is 194 Å². The van der Waals surface area contributed by atoms with Gasteiger partial charge in [0, 0.05) is 32.0 Å². The predicted molar refractivity (Wildman–Crippen MR) is 136 cm³/mol. The number of rotatable bonds is 12. The van der Waals surface area contributed by atoms with Gasteiger partial charge in [-0.2, -0.15) is 4.98 Å². The summed E-state index contributed by atoms with van der Waals surface area (Å²) in [6.45, 7) is 11.8. The highest BCUT2D eigenvalue weighted by Crippen LogP contribution is 2.20. The Morgan fingerprint density at radius 1 is 1.30 bits per heavy atom. The molecule has 2 N–H and O–H groups in total. The summed E-state index contributed by atoms with van der Waals surface area (Å²) in [4.78, 5) is 41.2. The molecule has 0 amide bonds. The molecule has 10 nitrogen and oxygen atoms in total. The monoisotopic (exact) mass is 454 g/mol. The number of aromatic nitrogens is 4. The van der Waals surface area contributed by atoms with E-state index in [0.29, 0.717) is 36.7 Å². The maximum atomic E-state index is 13.4. The van der Waals surface area contributed by atoms with E-state index in [0.717, 1.165) is 25.1 Å². The summed E-state index contributed by atoms with van der Waals surface area (Å²) in [6.07, 6.45) is 5.06. The third-order valence-corrected chi connectivity index (χ3v) is 5.28. The second-order valence-electron chi connectivity index (χ2n) is 7.49. The lowest BCUT2D eigenvalue weighted by Gasteiger charge is -2.22. The standard InChI is InChI=1S/C23H34N8O2/c1-6-8-16-30-19-20(27-22(30)29(7-2)15-10-9-12-24)28(5)23(33)31(21(19)32)17-14-26-18(3)11-13-25-4/h11,13H,4,7,9-10,12,14-17,24H2,1-3,5H3/b13-11-,26-18-. The first-order valence-electron chi connectivity index (χ1n) is 11.1. The minimum absolute atomic E-state index is 0.155. The molecule has 0 aliphatic rings. The third kappa shape index (κ3) is 6.08. The molecule has 0 saturated carbocycles. The van der Waals surface area contributed by atoms with Crippen LogP contribution in [0.25, 0.3) is 11.2 Å². The molecule has 33 heavy (non-hydrogen) atoms. The number of anilines is 1. The Kier molecular flexibility index (Phi) is 9.82. The fourth-order valence-corrected chi connectivity index (χ4v) is 3.49. The summed E-state index contributed by atoms with van der Waals surface area (Å²) in [5.74, 6) is 6.55. The molecule has 178 valence electrons. The number of hydrogen-bond acceptors (Lipinski definition) is 7. The zero-order valence-corrected chi connectivity index (χ0v) is 20.0. The summed E-state index contributed by atoms with van der Waals surface area (Å²) in [5.41, 5.74) is 6.28. The zero-order chi connectivity index (χ0) is 24.4. The zero-order valence-electron chi connectivity index (χ0n) is 20.0. The van der Waals surface area contributed by atoms with Crippen LogP contribution in [0.5, 0.6) is 0 Å². The molecule has 0 aromatic carbocycles. The molecule has 10 heteroatoms. The first kappa shape index (κ1) is 25.8. The van der Waals surface area contributed by atoms with Gasteiger partial charge in [-0.1, -0.05) is 5.92 Å². The van der Waals surface area contributed by atoms with Crippen LogP contribution >= 0.6 is 0 Å². The fraction of sp³-hybridized carbons (Fsp3) is 0.522. The Hall–Kier alpha value is -3.45. The van der Waals surface area contributed by atoms with Crippen LogP contribution in [0, 0.1) is 11.8 Å². The molecule has 2 rings (SSSR count). The van der Waals surface area contributed by atoms with Crippen molar-refractivity contribution < 1.29 is 0 Å². The molecule has 0 unspecified atom stereocenters. The maximum Gasteiger partial charge on any atom is 0.332 e. The molecule has 0 saturated heterocycles. The summed E-state index contributed by atoms with van der Waals surface area (Å²) in [7, 11) is 1.63. The van der Waals surface area contributed by atoms with Gasteiger partial charge in [-0.3, -0.25) is 28.5 Å². The molecule has 0 spiro atoms. The van der Waals surface area contributed by atoms with E-state index in [9.17, 15) is 9.59 Å². The highest BCUT2D eigenvalue weighted by atomic mass is 16.2. The first-order chi connectivity index (χ1) is 15.9. The molecule has 0 bridgehead atoms. The van der Waals surface area contributed by atoms with E-state index in [1.165, 1.54) is 15.3 Å². The molecule has 2 aromatic heterocycles. The second-order valence-corrected chi connectivity index (χ2v) is 7.49. The predicted octanol–water partition coefficient (Wildman–Crippen LogP) is 1.16. The van der Waals surface area contributed by atoms with Crippen molar-refractivity contribution in [3.05, 3.63) is 33.1 Å². The van der Waals surface area contributed by atoms with E-state index in [2.05, 4.69) is 33.4 Å². The highest BCUT2D eigenvalue weighted by molar-refractivity contribution is 5.92. The van der Waals surface area contributed by atoms with E-state index in [1.807, 2.05) is 18.4 Å². The molecule has 0 aliphatic carbocycles. The van der Waals surface area contributed by atoms with Gasteiger partial charge < -0.3 is 10.6 Å². The molecule has 0 fully saturated rings. The van der Waals surface area contributed by atoms with Crippen LogP contribution in [0.15, 0.2) is 31.8 Å². The Morgan fingerprint density at radius 2 is 2.06 bits per heavy atom. The SMILES string of the molecule is C=N/C=C\C(C)=N/CCn1c(=O)c2c(nc(N(CC)CCCCN)n2CC#CC)n(C)c1=O. The van der Waals surface area contributed by atoms with Gasteiger partial charge >= 0.3 is 5.69 Å². The van der Waals surface area contributed by atoms with Crippen LogP contribution in [0.4, 0.5) is 5.95 Å². The van der Waals surface area contributed by atoms with E-state index in [1.54, 1.807) is 20.0 Å². The molecule has 2 heterocycles. The lowest BCUT2D eigenvalue weighted by atomic mass is 10.3. The largest absolute Gasteiger partial charge is 0.342 e. The van der Waals surface area contributed by atoms with Crippen molar-refractivity contribution in [3.8, 4) is 11.8 Å². The van der Waals surface area contributed by atoms with Gasteiger partial charge in [-0.25, -0.2) is 4.79 Å². The highest BCUT2D eigenvalue weighted by Gasteiger charge is 2.22. The fourth-order valence-electron chi connectivity index (χ4n) is 3.49. The average molecular weight is 455 g/mol. The van der Waals surface area contributed by atoms with Crippen LogP contribution in [-0.2, 0) is 20.1 Å². The number of imidazole rings is 1. The maximum absolute atomic E-state index is 13.4. The van der Waals surface area contributed by atoms with E-state index in [4.69, 9.17) is 10.7 Å². The average Bonchev–Trinajstić information content (AvgIpc) is 3.19. The Bertz CT molecular complexity index is 1200. The van der Waals surface area contributed by atoms with Crippen LogP contribution < -0.4 is 21.9 Å². The Balaban J connectivity index is 2.60. The van der Waals surface area contributed by atoms with E-state index in [-0.39, 0.29) is 18.6 Å². The lowest BCUT2D eigenvalue weighted by Crippen LogP contribution is -2.40. The number of allylic oxidation sites excluding steroid dienone is 1. The third-order valence-electron chi connectivity index (χ3n) is 5.28. The summed E-state index contributed by atoms with van der Waals surface area (Å²) in [5, 5.41) is 0. The smallest absolute Gasteiger partial charge is 0.332 e. The first-order valence-corrected chi connectivity index (χ1v) is 11.1. The van der Waals surface area contributed by atoms with Crippen molar-refractivity contribution in [2.75, 3.05) is 31.1 Å². The number of unbranched alkanes of at least 4 members (excludes halogenated alkanes) is 1. The molecule has 0 atom stereocenters. The summed E-state index contributed by atoms with van der Waals surface area (Å²) >= 11 is 0. The molecule has 2 aromatic rings. The van der Waals surface area contributed by atoms with Crippen molar-refractivity contribution in [2.45, 2.75) is 46.7 Å². The van der Waals surface area contributed by atoms with Crippen LogP contribution in [0.3, 0.4) is 0 Å². The summed E-state index contributed by atoms with van der Waals surface area (Å²) < 4.78 is 4.44. The number of hydrogen-bond donors (Lipinski definition) is 1. The lowest BCUT2D eigenvalue weighted by molar-refractivity contribution is 0.609. The van der Waals surface area contributed by atoms with Gasteiger partial charge in [0.25, 0.3) is 5.56 Å². The number of nitrogens with zero attached hydrogens (tertiary/aromatic N) is 7. The summed E-state index contributed by atoms with van der Waals surface area (Å²) in [6, 6.07) is 0. The Morgan fingerprint density at radius 3 is 2.70 bits per heavy atom. The van der Waals surface area contributed by atoms with Gasteiger partial charge in [0.2, 0.25) is 5.95 Å². The number of aliphatic imine (C=N–C) groups is 2. The normalized spacial score (nSPS) is 11.7. The van der Waals surface area contributed by atoms with Crippen molar-refractivity contribution in [2.24, 2.45) is 22.8 Å². The number of nitrogens with two attached hydrogens (primary N) is 1. The second kappa shape index (κ2) is 12.6. The molecule has 0 aliphatic heterocycles. The van der Waals surface area contributed by atoms with Gasteiger partial charge in [-0.05, 0) is 53.0 Å². The topological polar surface area (TPSA) is 116 Å².